The molecule has 0 aliphatic carbocycles. The first kappa shape index (κ1) is 13.0. The van der Waals surface area contributed by atoms with Crippen molar-refractivity contribution in [3.8, 4) is 0 Å². The van der Waals surface area contributed by atoms with Gasteiger partial charge in [0.1, 0.15) is 5.52 Å². The first-order valence-corrected chi connectivity index (χ1v) is 7.73. The van der Waals surface area contributed by atoms with Gasteiger partial charge in [0.25, 0.3) is 0 Å². The summed E-state index contributed by atoms with van der Waals surface area (Å²) < 4.78 is 3.17. The number of aromatic nitrogens is 3. The van der Waals surface area contributed by atoms with Crippen molar-refractivity contribution in [2.24, 2.45) is 0 Å². The van der Waals surface area contributed by atoms with Crippen molar-refractivity contribution in [2.45, 2.75) is 6.92 Å². The predicted molar refractivity (Wildman–Crippen MR) is 89.4 cm³/mol. The molecule has 0 unspecified atom stereocenters. The molecule has 0 radical (unpaired) electrons. The fourth-order valence-corrected chi connectivity index (χ4v) is 3.55. The molecule has 0 spiro atoms. The van der Waals surface area contributed by atoms with Gasteiger partial charge in [-0.3, -0.25) is 5.32 Å². The van der Waals surface area contributed by atoms with Crippen molar-refractivity contribution in [3.63, 3.8) is 0 Å². The summed E-state index contributed by atoms with van der Waals surface area (Å²) in [4.78, 5) is 9.55. The summed E-state index contributed by atoms with van der Waals surface area (Å²) in [5.41, 5.74) is 9.11. The van der Waals surface area contributed by atoms with Crippen LogP contribution in [0.15, 0.2) is 48.5 Å². The van der Waals surface area contributed by atoms with E-state index in [2.05, 4.69) is 40.4 Å². The molecular formula is C16H14N5S+. The van der Waals surface area contributed by atoms with E-state index in [0.717, 1.165) is 20.9 Å². The molecule has 6 heteroatoms. The number of nitrogen functional groups attached to an aromatic ring is 1. The number of nitrogens with two attached hydrogens (primary N) is 1. The van der Waals surface area contributed by atoms with Crippen LogP contribution in [-0.2, 0) is 0 Å². The lowest BCUT2D eigenvalue weighted by Crippen LogP contribution is -2.27. The van der Waals surface area contributed by atoms with Gasteiger partial charge in [0.05, 0.1) is 10.4 Å². The highest BCUT2D eigenvalue weighted by Gasteiger charge is 2.19. The Hall–Kier alpha value is -2.73. The molecule has 0 bridgehead atoms. The van der Waals surface area contributed by atoms with Crippen molar-refractivity contribution in [3.05, 3.63) is 54.1 Å². The fraction of sp³-hybridized carbons (Fsp3) is 0.0625. The second-order valence-electron chi connectivity index (χ2n) is 5.09. The predicted octanol–water partition coefficient (Wildman–Crippen LogP) is 3.06. The zero-order chi connectivity index (χ0) is 15.1. The highest BCUT2D eigenvalue weighted by molar-refractivity contribution is 7.22. The Kier molecular flexibility index (Phi) is 2.90. The number of hydrogen-bond acceptors (Lipinski definition) is 5. The molecule has 0 aliphatic rings. The molecule has 0 saturated carbocycles. The van der Waals surface area contributed by atoms with Crippen LogP contribution in [0.25, 0.3) is 15.2 Å². The Labute approximate surface area is 131 Å². The topological polar surface area (TPSA) is 67.9 Å². The van der Waals surface area contributed by atoms with E-state index in [1.165, 1.54) is 5.56 Å². The number of thiazole rings is 1. The number of rotatable bonds is 2. The molecule has 4 aromatic rings. The minimum Gasteiger partial charge on any atom is -0.346 e. The van der Waals surface area contributed by atoms with Crippen LogP contribution in [0.4, 0.5) is 17.6 Å². The highest BCUT2D eigenvalue weighted by Crippen LogP contribution is 2.24. The minimum atomic E-state index is 0.265. The molecule has 0 saturated heterocycles. The first-order chi connectivity index (χ1) is 10.7. The average Bonchev–Trinajstić information content (AvgIpc) is 2.85. The number of para-hydroxylation sites is 1. The molecule has 2 aromatic heterocycles. The van der Waals surface area contributed by atoms with Gasteiger partial charge >= 0.3 is 16.9 Å². The molecule has 2 aromatic carbocycles. The van der Waals surface area contributed by atoms with E-state index < -0.39 is 0 Å². The van der Waals surface area contributed by atoms with E-state index in [1.54, 1.807) is 11.3 Å². The quantitative estimate of drug-likeness (QED) is 0.558. The first-order valence-electron chi connectivity index (χ1n) is 6.91. The van der Waals surface area contributed by atoms with Crippen molar-refractivity contribution < 1.29 is 4.40 Å². The number of aryl methyl sites for hydroxylation is 1. The van der Waals surface area contributed by atoms with Crippen LogP contribution < -0.4 is 15.5 Å². The summed E-state index contributed by atoms with van der Waals surface area (Å²) >= 11 is 1.61. The van der Waals surface area contributed by atoms with Crippen LogP contribution in [-0.4, -0.2) is 9.97 Å². The zero-order valence-electron chi connectivity index (χ0n) is 11.9. The average molecular weight is 308 g/mol. The van der Waals surface area contributed by atoms with Gasteiger partial charge in [0.15, 0.2) is 0 Å². The van der Waals surface area contributed by atoms with Crippen molar-refractivity contribution >= 4 is 44.1 Å². The van der Waals surface area contributed by atoms with Gasteiger partial charge in [-0.15, -0.1) is 0 Å². The smallest absolute Gasteiger partial charge is 0.346 e. The maximum atomic E-state index is 5.86. The summed E-state index contributed by atoms with van der Waals surface area (Å²) in [6.45, 7) is 2.08. The fourth-order valence-electron chi connectivity index (χ4n) is 2.43. The van der Waals surface area contributed by atoms with E-state index >= 15 is 0 Å². The van der Waals surface area contributed by atoms with Gasteiger partial charge in [0, 0.05) is 0 Å². The van der Waals surface area contributed by atoms with Crippen molar-refractivity contribution in [2.75, 3.05) is 11.1 Å². The number of fused-ring (bicyclic) bond motifs is 3. The lowest BCUT2D eigenvalue weighted by Gasteiger charge is -2.01. The maximum Gasteiger partial charge on any atom is 0.362 e. The minimum absolute atomic E-state index is 0.265. The molecule has 0 atom stereocenters. The van der Waals surface area contributed by atoms with Crippen LogP contribution in [0.1, 0.15) is 5.56 Å². The summed E-state index contributed by atoms with van der Waals surface area (Å²) in [6, 6.07) is 16.2. The van der Waals surface area contributed by atoms with E-state index in [-0.39, 0.29) is 5.95 Å². The third kappa shape index (κ3) is 2.14. The Balaban J connectivity index is 1.98. The summed E-state index contributed by atoms with van der Waals surface area (Å²) in [6.07, 6.45) is 0. The second kappa shape index (κ2) is 4.92. The molecule has 0 amide bonds. The molecule has 2 heterocycles. The molecule has 0 aliphatic heterocycles. The summed E-state index contributed by atoms with van der Waals surface area (Å²) in [7, 11) is 0. The van der Waals surface area contributed by atoms with Crippen molar-refractivity contribution in [1.82, 2.24) is 9.97 Å². The van der Waals surface area contributed by atoms with Crippen molar-refractivity contribution in [1.29, 1.82) is 0 Å². The third-order valence-electron chi connectivity index (χ3n) is 3.42. The molecule has 0 fully saturated rings. The maximum absolute atomic E-state index is 5.86. The van der Waals surface area contributed by atoms with Crippen LogP contribution in [0.3, 0.4) is 0 Å². The normalized spacial score (nSPS) is 11.1. The largest absolute Gasteiger partial charge is 0.362 e. The number of hydrogen-bond donors (Lipinski definition) is 2. The standard InChI is InChI=1S/C16H13N5S/c1-10-7-8-12-13(9-10)22-16-20-14(17)19-15(21(12)16)18-11-5-3-2-4-6-11/h2-9H,1H3,(H2,17,18,19)/p+1. The molecular weight excluding hydrogens is 294 g/mol. The van der Waals surface area contributed by atoms with Gasteiger partial charge in [-0.25, -0.2) is 0 Å². The van der Waals surface area contributed by atoms with Gasteiger partial charge in [0.2, 0.25) is 0 Å². The van der Waals surface area contributed by atoms with Gasteiger partial charge in [-0.2, -0.15) is 4.40 Å². The summed E-state index contributed by atoms with van der Waals surface area (Å²) in [5.74, 6) is 0.936. The Bertz CT molecular complexity index is 978. The van der Waals surface area contributed by atoms with Gasteiger partial charge in [-0.05, 0) is 36.8 Å². The second-order valence-corrected chi connectivity index (χ2v) is 6.10. The zero-order valence-corrected chi connectivity index (χ0v) is 12.8. The van der Waals surface area contributed by atoms with Crippen LogP contribution in [0.2, 0.25) is 0 Å². The molecule has 4 rings (SSSR count). The molecule has 22 heavy (non-hydrogen) atoms. The summed E-state index contributed by atoms with van der Waals surface area (Å²) in [5, 5.41) is 3.32. The van der Waals surface area contributed by atoms with E-state index in [1.807, 2.05) is 34.7 Å². The highest BCUT2D eigenvalue weighted by atomic mass is 32.1. The Morgan fingerprint density at radius 3 is 2.73 bits per heavy atom. The number of anilines is 3. The van der Waals surface area contributed by atoms with Gasteiger partial charge < -0.3 is 5.73 Å². The lowest BCUT2D eigenvalue weighted by atomic mass is 10.2. The molecule has 5 nitrogen and oxygen atoms in total. The van der Waals surface area contributed by atoms with E-state index in [0.29, 0.717) is 5.95 Å². The number of nitrogens with one attached hydrogen (secondary N) is 1. The SMILES string of the molecule is Cc1ccc2c(c1)sc1nc(N)nc(Nc3ccccc3)[n+]12. The third-order valence-corrected chi connectivity index (χ3v) is 4.42. The lowest BCUT2D eigenvalue weighted by molar-refractivity contribution is -0.467. The van der Waals surface area contributed by atoms with Crippen LogP contribution >= 0.6 is 11.3 Å². The van der Waals surface area contributed by atoms with Crippen LogP contribution in [0, 0.1) is 6.92 Å². The Morgan fingerprint density at radius 2 is 1.91 bits per heavy atom. The molecule has 3 N–H and O–H groups in total. The number of nitrogens with zero attached hydrogens (tertiary/aromatic N) is 3. The van der Waals surface area contributed by atoms with Gasteiger partial charge in [-0.1, -0.05) is 45.6 Å². The van der Waals surface area contributed by atoms with E-state index in [9.17, 15) is 0 Å². The monoisotopic (exact) mass is 308 g/mol. The number of benzene rings is 2. The molecule has 108 valence electrons. The van der Waals surface area contributed by atoms with Crippen LogP contribution in [0.5, 0.6) is 0 Å². The van der Waals surface area contributed by atoms with E-state index in [4.69, 9.17) is 5.73 Å². The Morgan fingerprint density at radius 1 is 1.09 bits per heavy atom.